The average molecular weight is 764 g/mol. The van der Waals surface area contributed by atoms with Crippen LogP contribution in [-0.2, 0) is 12.1 Å². The van der Waals surface area contributed by atoms with Gasteiger partial charge in [-0.3, -0.25) is 14.3 Å². The molecular weight excluding hydrogens is 729 g/mol. The first kappa shape index (κ1) is 34.7. The maximum Gasteiger partial charge on any atom is 0.298 e. The molecule has 0 spiro atoms. The van der Waals surface area contributed by atoms with Crippen molar-refractivity contribution in [3.05, 3.63) is 119 Å². The summed E-state index contributed by atoms with van der Waals surface area (Å²) in [6.07, 6.45) is 6.07. The van der Waals surface area contributed by atoms with Gasteiger partial charge in [0.05, 0.1) is 47.1 Å². The molecule has 4 aromatic heterocycles. The number of nitrogens with zero attached hydrogens (tertiary/aromatic N) is 10. The summed E-state index contributed by atoms with van der Waals surface area (Å²) in [7, 11) is 0. The van der Waals surface area contributed by atoms with E-state index < -0.39 is 22.8 Å². The Balaban J connectivity index is 0.951. The van der Waals surface area contributed by atoms with Crippen LogP contribution >= 0.6 is 11.3 Å². The highest BCUT2D eigenvalue weighted by Crippen LogP contribution is 2.39. The van der Waals surface area contributed by atoms with E-state index in [1.165, 1.54) is 34.7 Å². The highest BCUT2D eigenvalue weighted by molar-refractivity contribution is 7.21. The van der Waals surface area contributed by atoms with Crippen LogP contribution in [0.3, 0.4) is 0 Å². The van der Waals surface area contributed by atoms with Crippen molar-refractivity contribution in [2.75, 3.05) is 43.4 Å². The number of likely N-dealkylation sites (tertiary alicyclic amines) is 1. The third-order valence-electron chi connectivity index (χ3n) is 10.2. The molecule has 3 aromatic carbocycles. The van der Waals surface area contributed by atoms with Crippen LogP contribution in [0.5, 0.6) is 5.75 Å². The van der Waals surface area contributed by atoms with E-state index in [1.54, 1.807) is 4.57 Å². The van der Waals surface area contributed by atoms with Crippen LogP contribution in [0.1, 0.15) is 24.4 Å². The number of anilines is 3. The molecule has 1 saturated heterocycles. The summed E-state index contributed by atoms with van der Waals surface area (Å²) < 4.78 is 39.6. The first-order valence-electron chi connectivity index (χ1n) is 17.8. The number of hydrogen-bond donors (Lipinski definition) is 2. The molecule has 2 aliphatic rings. The van der Waals surface area contributed by atoms with Crippen LogP contribution in [0.2, 0.25) is 0 Å². The monoisotopic (exact) mass is 763 g/mol. The Morgan fingerprint density at radius 2 is 1.82 bits per heavy atom. The number of halogens is 2. The van der Waals surface area contributed by atoms with Gasteiger partial charge in [0, 0.05) is 37.0 Å². The number of thiophene rings is 1. The van der Waals surface area contributed by atoms with Gasteiger partial charge in [0.15, 0.2) is 5.82 Å². The summed E-state index contributed by atoms with van der Waals surface area (Å²) in [4.78, 5) is 27.6. The Kier molecular flexibility index (Phi) is 8.83. The summed E-state index contributed by atoms with van der Waals surface area (Å²) in [5, 5.41) is 24.9. The number of piperidine rings is 1. The molecule has 6 heterocycles. The number of para-hydroxylation sites is 1. The standard InChI is InChI=1S/C38H35F2N11O3S/c39-24-6-8-28(29(40)16-24)38(53,21-48-23-42-22-43-48)20-47-12-10-26(11-13-47)50-19-30(45-46-50)34-18-32-36(55-34)44-35(41)37(52)51(32)27-7-9-33-31(17-27)49(14-15-54-33)25-4-2-1-3-5-25/h1-9,16-19,22-23,26,53H,10-15,20-21H2,(H2,41,44). The molecule has 0 saturated carbocycles. The van der Waals surface area contributed by atoms with Crippen molar-refractivity contribution < 1.29 is 18.6 Å². The molecule has 2 aliphatic heterocycles. The van der Waals surface area contributed by atoms with E-state index in [0.29, 0.717) is 60.8 Å². The Morgan fingerprint density at radius 1 is 0.982 bits per heavy atom. The van der Waals surface area contributed by atoms with Crippen LogP contribution in [0.4, 0.5) is 26.0 Å². The molecule has 3 N–H and O–H groups in total. The molecule has 7 aromatic rings. The van der Waals surface area contributed by atoms with Gasteiger partial charge in [-0.05, 0) is 55.3 Å². The van der Waals surface area contributed by atoms with Gasteiger partial charge in [-0.15, -0.1) is 16.4 Å². The third kappa shape index (κ3) is 6.59. The summed E-state index contributed by atoms with van der Waals surface area (Å²) in [5.41, 5.74) is 7.80. The van der Waals surface area contributed by atoms with Crippen molar-refractivity contribution in [2.24, 2.45) is 0 Å². The van der Waals surface area contributed by atoms with Gasteiger partial charge in [0.25, 0.3) is 5.56 Å². The Morgan fingerprint density at radius 3 is 2.60 bits per heavy atom. The molecule has 0 aliphatic carbocycles. The van der Waals surface area contributed by atoms with E-state index in [4.69, 9.17) is 10.5 Å². The minimum absolute atomic E-state index is 0.00718. The second-order valence-corrected chi connectivity index (χ2v) is 14.8. The predicted molar refractivity (Wildman–Crippen MR) is 203 cm³/mol. The van der Waals surface area contributed by atoms with Crippen molar-refractivity contribution in [3.8, 4) is 22.0 Å². The van der Waals surface area contributed by atoms with Crippen LogP contribution in [0, 0.1) is 11.6 Å². The summed E-state index contributed by atoms with van der Waals surface area (Å²) in [6, 6.07) is 20.8. The summed E-state index contributed by atoms with van der Waals surface area (Å²) in [6.45, 7) is 2.42. The van der Waals surface area contributed by atoms with E-state index >= 15 is 0 Å². The smallest absolute Gasteiger partial charge is 0.298 e. The lowest BCUT2D eigenvalue weighted by molar-refractivity contribution is -0.0285. The largest absolute Gasteiger partial charge is 0.490 e. The lowest BCUT2D eigenvalue weighted by Gasteiger charge is -2.38. The van der Waals surface area contributed by atoms with E-state index in [-0.39, 0.29) is 30.5 Å². The van der Waals surface area contributed by atoms with Crippen molar-refractivity contribution in [2.45, 2.75) is 31.0 Å². The highest BCUT2D eigenvalue weighted by Gasteiger charge is 2.37. The number of aromatic nitrogens is 8. The number of fused-ring (bicyclic) bond motifs is 2. The van der Waals surface area contributed by atoms with E-state index in [9.17, 15) is 18.7 Å². The Hall–Kier alpha value is -6.04. The van der Waals surface area contributed by atoms with Crippen molar-refractivity contribution in [1.82, 2.24) is 44.2 Å². The molecule has 9 rings (SSSR count). The average Bonchev–Trinajstić information content (AvgIpc) is 3.98. The molecule has 14 nitrogen and oxygen atoms in total. The van der Waals surface area contributed by atoms with Gasteiger partial charge in [-0.25, -0.2) is 28.1 Å². The second-order valence-electron chi connectivity index (χ2n) is 13.8. The van der Waals surface area contributed by atoms with Gasteiger partial charge < -0.3 is 20.5 Å². The number of nitrogen functional groups attached to an aromatic ring is 1. The summed E-state index contributed by atoms with van der Waals surface area (Å²) in [5.74, 6) is -0.928. The molecule has 55 heavy (non-hydrogen) atoms. The van der Waals surface area contributed by atoms with Gasteiger partial charge in [-0.2, -0.15) is 5.10 Å². The van der Waals surface area contributed by atoms with Crippen LogP contribution in [0.15, 0.2) is 96.4 Å². The van der Waals surface area contributed by atoms with E-state index in [0.717, 1.165) is 34.1 Å². The fourth-order valence-electron chi connectivity index (χ4n) is 7.55. The van der Waals surface area contributed by atoms with E-state index in [1.807, 2.05) is 65.5 Å². The number of rotatable bonds is 9. The molecule has 0 bridgehead atoms. The lowest BCUT2D eigenvalue weighted by Crippen LogP contribution is -2.47. The number of aliphatic hydroxyl groups is 1. The van der Waals surface area contributed by atoms with Gasteiger partial charge in [0.1, 0.15) is 52.8 Å². The SMILES string of the molecule is Nc1nc2sc(-c3cn(C4CCN(CC(O)(Cn5cncn5)c5ccc(F)cc5F)CC4)nn3)cc2n(-c2ccc3c(c2)N(c2ccccc2)CCO3)c1=O. The summed E-state index contributed by atoms with van der Waals surface area (Å²) >= 11 is 1.37. The first-order valence-corrected chi connectivity index (χ1v) is 18.6. The zero-order valence-electron chi connectivity index (χ0n) is 29.4. The molecule has 280 valence electrons. The highest BCUT2D eigenvalue weighted by atomic mass is 32.1. The number of benzene rings is 3. The van der Waals surface area contributed by atoms with Crippen LogP contribution in [-0.4, -0.2) is 82.1 Å². The number of nitrogens with two attached hydrogens (primary N) is 1. The van der Waals surface area contributed by atoms with Crippen molar-refractivity contribution >= 4 is 38.9 Å². The quantitative estimate of drug-likeness (QED) is 0.206. The van der Waals surface area contributed by atoms with Gasteiger partial charge >= 0.3 is 0 Å². The normalized spacial score (nSPS) is 16.2. The lowest BCUT2D eigenvalue weighted by atomic mass is 9.91. The molecule has 1 atom stereocenters. The topological polar surface area (TPSA) is 158 Å². The minimum Gasteiger partial charge on any atom is -0.490 e. The maximum absolute atomic E-state index is 15.0. The Labute approximate surface area is 316 Å². The van der Waals surface area contributed by atoms with Gasteiger partial charge in [0.2, 0.25) is 0 Å². The predicted octanol–water partition coefficient (Wildman–Crippen LogP) is 4.91. The van der Waals surface area contributed by atoms with Crippen molar-refractivity contribution in [3.63, 3.8) is 0 Å². The Bertz CT molecular complexity index is 2550. The first-order chi connectivity index (χ1) is 26.7. The molecule has 0 radical (unpaired) electrons. The van der Waals surface area contributed by atoms with E-state index in [2.05, 4.69) is 35.2 Å². The molecule has 17 heteroatoms. The zero-order valence-corrected chi connectivity index (χ0v) is 30.2. The second kappa shape index (κ2) is 14.0. The number of ether oxygens (including phenoxy) is 1. The third-order valence-corrected chi connectivity index (χ3v) is 11.3. The zero-order chi connectivity index (χ0) is 37.7. The number of hydrogen-bond acceptors (Lipinski definition) is 12. The number of β-amino-alcohol motifs (C(OH)–C–C–N with tert-alkyl or cyclic N) is 1. The molecule has 1 fully saturated rings. The fourth-order valence-corrected chi connectivity index (χ4v) is 8.52. The molecule has 1 unspecified atom stereocenters. The maximum atomic E-state index is 15.0. The van der Waals surface area contributed by atoms with Crippen molar-refractivity contribution in [1.29, 1.82) is 0 Å². The van der Waals surface area contributed by atoms with Crippen LogP contribution in [0.25, 0.3) is 26.6 Å². The van der Waals surface area contributed by atoms with Gasteiger partial charge in [-0.1, -0.05) is 29.5 Å². The minimum atomic E-state index is -1.69. The van der Waals surface area contributed by atoms with Crippen LogP contribution < -0.4 is 20.9 Å². The fraction of sp³-hybridized carbons (Fsp3) is 0.263. The molecular formula is C38H35F2N11O3S. The molecule has 0 amide bonds.